The summed E-state index contributed by atoms with van der Waals surface area (Å²) in [6, 6.07) is 18.3. The number of pyridine rings is 1. The van der Waals surface area contributed by atoms with Crippen LogP contribution in [0.2, 0.25) is 0 Å². The highest BCUT2D eigenvalue weighted by molar-refractivity contribution is 5.93. The largest absolute Gasteiger partial charge is 0.490 e. The molecule has 264 valence electrons. The highest BCUT2D eigenvalue weighted by atomic mass is 19.4. The van der Waals surface area contributed by atoms with Crippen LogP contribution in [-0.4, -0.2) is 102 Å². The van der Waals surface area contributed by atoms with E-state index in [1.165, 1.54) is 0 Å². The summed E-state index contributed by atoms with van der Waals surface area (Å²) in [7, 11) is 2.16. The maximum Gasteiger partial charge on any atom is 0.490 e. The molecule has 1 saturated heterocycles. The number of aryl methyl sites for hydroxylation is 1. The molecule has 4 heterocycles. The number of carboxylic acids is 2. The van der Waals surface area contributed by atoms with Crippen LogP contribution in [0.3, 0.4) is 0 Å². The first-order valence-corrected chi connectivity index (χ1v) is 14.5. The van der Waals surface area contributed by atoms with Gasteiger partial charge in [0.25, 0.3) is 0 Å². The van der Waals surface area contributed by atoms with Crippen molar-refractivity contribution in [2.24, 2.45) is 0 Å². The van der Waals surface area contributed by atoms with Crippen molar-refractivity contribution in [2.45, 2.75) is 19.3 Å². The molecule has 1 fully saturated rings. The fourth-order valence-electron chi connectivity index (χ4n) is 4.41. The zero-order valence-electron chi connectivity index (χ0n) is 26.3. The van der Waals surface area contributed by atoms with E-state index in [1.807, 2.05) is 55.7 Å². The van der Waals surface area contributed by atoms with E-state index in [-0.39, 0.29) is 0 Å². The van der Waals surface area contributed by atoms with E-state index in [4.69, 9.17) is 29.8 Å². The molecule has 0 atom stereocenters. The van der Waals surface area contributed by atoms with Gasteiger partial charge in [-0.3, -0.25) is 0 Å². The molecule has 19 heteroatoms. The van der Waals surface area contributed by atoms with E-state index in [2.05, 4.69) is 55.4 Å². The Labute approximate surface area is 279 Å². The van der Waals surface area contributed by atoms with Crippen molar-refractivity contribution in [1.29, 1.82) is 0 Å². The predicted molar refractivity (Wildman–Crippen MR) is 169 cm³/mol. The van der Waals surface area contributed by atoms with E-state index in [1.54, 1.807) is 11.0 Å². The maximum atomic E-state index is 10.6. The molecule has 5 aromatic rings. The number of benzene rings is 2. The number of rotatable bonds is 5. The second-order valence-electron chi connectivity index (χ2n) is 10.6. The van der Waals surface area contributed by atoms with E-state index in [9.17, 15) is 26.3 Å². The number of nitrogens with zero attached hydrogens (tertiary/aromatic N) is 8. The Kier molecular flexibility index (Phi) is 11.5. The van der Waals surface area contributed by atoms with Gasteiger partial charge in [0.15, 0.2) is 0 Å². The molecule has 0 unspecified atom stereocenters. The van der Waals surface area contributed by atoms with Crippen molar-refractivity contribution in [3.63, 3.8) is 0 Å². The Balaban J connectivity index is 0.000000340. The van der Waals surface area contributed by atoms with Gasteiger partial charge in [-0.05, 0) is 50.4 Å². The number of para-hydroxylation sites is 1. The molecule has 0 aliphatic carbocycles. The van der Waals surface area contributed by atoms with Gasteiger partial charge in [0.05, 0.1) is 11.2 Å². The van der Waals surface area contributed by atoms with Gasteiger partial charge in [-0.1, -0.05) is 18.2 Å². The molecule has 6 rings (SSSR count). The Morgan fingerprint density at radius 2 is 1.42 bits per heavy atom. The molecule has 3 N–H and O–H groups in total. The summed E-state index contributed by atoms with van der Waals surface area (Å²) in [6.07, 6.45) is -4.66. The minimum Gasteiger partial charge on any atom is -0.475 e. The normalized spacial score (nSPS) is 13.5. The van der Waals surface area contributed by atoms with E-state index >= 15 is 0 Å². The number of aliphatic carboxylic acids is 2. The standard InChI is InChI=1S/C27H27N9.2C2HF3O2/c1-19-30-18-36(33-19)23-9-7-22(8-10-23)31-27-29-17-21-4-3-5-24(26(21)32-27)20-6-11-25(28-16-20)35-14-12-34(2)13-15-35;2*3-2(4,5)1(6)7/h3-11,16-18H,12-15H2,1-2H3,(H,29,31,32);2*(H,6,7). The first-order valence-electron chi connectivity index (χ1n) is 14.5. The van der Waals surface area contributed by atoms with Crippen LogP contribution in [0.5, 0.6) is 0 Å². The molecule has 0 saturated carbocycles. The molecular formula is C31H29F6N9O4. The topological polar surface area (TPSA) is 162 Å². The molecule has 1 aliphatic rings. The molecule has 0 spiro atoms. The van der Waals surface area contributed by atoms with Crippen molar-refractivity contribution in [3.8, 4) is 16.8 Å². The molecule has 2 aromatic carbocycles. The lowest BCUT2D eigenvalue weighted by Gasteiger charge is -2.33. The van der Waals surface area contributed by atoms with Gasteiger partial charge in [-0.2, -0.15) is 31.4 Å². The molecular weight excluding hydrogens is 676 g/mol. The number of halogens is 6. The second-order valence-corrected chi connectivity index (χ2v) is 10.6. The lowest BCUT2D eigenvalue weighted by atomic mass is 10.0. The summed E-state index contributed by atoms with van der Waals surface area (Å²) in [5.74, 6) is -3.21. The monoisotopic (exact) mass is 705 g/mol. The number of nitrogens with one attached hydrogen (secondary N) is 1. The minimum absolute atomic E-state index is 0.543. The van der Waals surface area contributed by atoms with Crippen LogP contribution in [0.1, 0.15) is 5.82 Å². The van der Waals surface area contributed by atoms with Crippen LogP contribution >= 0.6 is 0 Å². The number of carbonyl (C=O) groups is 2. The van der Waals surface area contributed by atoms with Crippen molar-refractivity contribution in [2.75, 3.05) is 43.4 Å². The number of carboxylic acid groups (broad SMARTS) is 2. The van der Waals surface area contributed by atoms with Crippen LogP contribution in [0.15, 0.2) is 73.3 Å². The van der Waals surface area contributed by atoms with Gasteiger partial charge in [-0.25, -0.2) is 34.2 Å². The van der Waals surface area contributed by atoms with Crippen molar-refractivity contribution >= 4 is 40.3 Å². The minimum atomic E-state index is -5.08. The lowest BCUT2D eigenvalue weighted by Crippen LogP contribution is -2.44. The smallest absolute Gasteiger partial charge is 0.475 e. The zero-order chi connectivity index (χ0) is 36.6. The van der Waals surface area contributed by atoms with E-state index in [0.717, 1.165) is 71.2 Å². The Morgan fingerprint density at radius 1 is 0.800 bits per heavy atom. The number of hydrogen-bond acceptors (Lipinski definition) is 10. The molecule has 0 amide bonds. The quantitative estimate of drug-likeness (QED) is 0.202. The van der Waals surface area contributed by atoms with Crippen LogP contribution in [0.4, 0.5) is 43.8 Å². The van der Waals surface area contributed by atoms with Crippen LogP contribution in [-0.2, 0) is 9.59 Å². The van der Waals surface area contributed by atoms with Crippen molar-refractivity contribution < 1.29 is 46.1 Å². The number of anilines is 3. The van der Waals surface area contributed by atoms with Crippen LogP contribution in [0, 0.1) is 6.92 Å². The Bertz CT molecular complexity index is 1890. The van der Waals surface area contributed by atoms with Gasteiger partial charge >= 0.3 is 24.3 Å². The van der Waals surface area contributed by atoms with Crippen LogP contribution < -0.4 is 10.2 Å². The van der Waals surface area contributed by atoms with E-state index < -0.39 is 24.3 Å². The maximum absolute atomic E-state index is 10.6. The number of piperazine rings is 1. The summed E-state index contributed by atoms with van der Waals surface area (Å²) in [5.41, 5.74) is 4.79. The predicted octanol–water partition coefficient (Wildman–Crippen LogP) is 5.34. The number of aromatic nitrogens is 6. The number of alkyl halides is 6. The summed E-state index contributed by atoms with van der Waals surface area (Å²) < 4.78 is 65.2. The third-order valence-electron chi connectivity index (χ3n) is 6.98. The summed E-state index contributed by atoms with van der Waals surface area (Å²) in [5, 5.41) is 22.9. The van der Waals surface area contributed by atoms with Crippen molar-refractivity contribution in [1.82, 2.24) is 34.6 Å². The zero-order valence-corrected chi connectivity index (χ0v) is 26.3. The first-order chi connectivity index (χ1) is 23.5. The summed E-state index contributed by atoms with van der Waals surface area (Å²) >= 11 is 0. The van der Waals surface area contributed by atoms with Gasteiger partial charge in [0.1, 0.15) is 18.0 Å². The van der Waals surface area contributed by atoms with E-state index in [0.29, 0.717) is 5.95 Å². The van der Waals surface area contributed by atoms with Crippen LogP contribution in [0.25, 0.3) is 27.7 Å². The number of hydrogen-bond donors (Lipinski definition) is 3. The fourth-order valence-corrected chi connectivity index (χ4v) is 4.41. The highest BCUT2D eigenvalue weighted by Gasteiger charge is 2.38. The number of fused-ring (bicyclic) bond motifs is 1. The lowest BCUT2D eigenvalue weighted by molar-refractivity contribution is -0.193. The second kappa shape index (κ2) is 15.6. The fraction of sp³-hybridized carbons (Fsp3) is 0.258. The summed E-state index contributed by atoms with van der Waals surface area (Å²) in [6.45, 7) is 5.98. The third-order valence-corrected chi connectivity index (χ3v) is 6.98. The molecule has 1 aliphatic heterocycles. The third kappa shape index (κ3) is 10.1. The first kappa shape index (κ1) is 37.0. The average molecular weight is 706 g/mol. The summed E-state index contributed by atoms with van der Waals surface area (Å²) in [4.78, 5) is 40.8. The van der Waals surface area contributed by atoms with Crippen molar-refractivity contribution in [3.05, 3.63) is 79.1 Å². The van der Waals surface area contributed by atoms with Gasteiger partial charge in [0.2, 0.25) is 5.95 Å². The molecule has 50 heavy (non-hydrogen) atoms. The van der Waals surface area contributed by atoms with Gasteiger partial charge < -0.3 is 25.3 Å². The number of likely N-dealkylation sites (N-methyl/N-ethyl adjacent to an activating group) is 1. The molecule has 13 nitrogen and oxygen atoms in total. The van der Waals surface area contributed by atoms with Gasteiger partial charge in [0, 0.05) is 60.8 Å². The molecule has 0 bridgehead atoms. The molecule has 3 aromatic heterocycles. The molecule has 0 radical (unpaired) electrons. The van der Waals surface area contributed by atoms with Gasteiger partial charge in [-0.15, -0.1) is 0 Å². The Morgan fingerprint density at radius 3 is 1.94 bits per heavy atom. The highest BCUT2D eigenvalue weighted by Crippen LogP contribution is 2.29. The SMILES string of the molecule is Cc1ncn(-c2ccc(Nc3ncc4cccc(-c5ccc(N6CCN(C)CC6)nc5)c4n3)cc2)n1.O=C(O)C(F)(F)F.O=C(O)C(F)(F)F. The average Bonchev–Trinajstić information content (AvgIpc) is 3.51. The Hall–Kier alpha value is -5.85.